The number of benzene rings is 1. The summed E-state index contributed by atoms with van der Waals surface area (Å²) in [6.07, 6.45) is 4.19. The molecule has 206 valence electrons. The lowest BCUT2D eigenvalue weighted by Crippen LogP contribution is -2.56. The number of hydrogen-bond acceptors (Lipinski definition) is 8. The van der Waals surface area contributed by atoms with E-state index >= 15 is 0 Å². The minimum atomic E-state index is -0.935. The SMILES string of the molecule is C=CCOc1ccc(C[C@H](NC(C)=O)C(=O)N[C@@H](CCCCN)C(=O)N[C@@H](CCCN)C(=O)OC)cc1. The molecule has 0 saturated heterocycles. The van der Waals surface area contributed by atoms with Crippen LogP contribution in [0.3, 0.4) is 0 Å². The summed E-state index contributed by atoms with van der Waals surface area (Å²) in [5.74, 6) is -1.38. The molecule has 0 saturated carbocycles. The average molecular weight is 520 g/mol. The molecule has 37 heavy (non-hydrogen) atoms. The molecule has 11 heteroatoms. The molecule has 0 unspecified atom stereocenters. The first kappa shape index (κ1) is 31.6. The van der Waals surface area contributed by atoms with Crippen LogP contribution in [-0.4, -0.2) is 68.6 Å². The number of rotatable bonds is 18. The summed E-state index contributed by atoms with van der Waals surface area (Å²) in [6, 6.07) is 4.38. The maximum Gasteiger partial charge on any atom is 0.328 e. The molecule has 0 fully saturated rings. The lowest BCUT2D eigenvalue weighted by Gasteiger charge is -2.25. The molecule has 0 bridgehead atoms. The molecule has 3 atom stereocenters. The van der Waals surface area contributed by atoms with Gasteiger partial charge in [-0.15, -0.1) is 0 Å². The Kier molecular flexibility index (Phi) is 15.3. The van der Waals surface area contributed by atoms with E-state index in [0.717, 1.165) is 5.56 Å². The van der Waals surface area contributed by atoms with Gasteiger partial charge in [0, 0.05) is 13.3 Å². The zero-order chi connectivity index (χ0) is 27.6. The number of nitrogens with two attached hydrogens (primary N) is 2. The van der Waals surface area contributed by atoms with Crippen LogP contribution in [0.5, 0.6) is 5.75 Å². The van der Waals surface area contributed by atoms with E-state index < -0.39 is 35.9 Å². The number of methoxy groups -OCH3 is 1. The molecule has 0 aliphatic carbocycles. The molecule has 0 spiro atoms. The Labute approximate surface area is 218 Å². The van der Waals surface area contributed by atoms with Crippen molar-refractivity contribution in [2.24, 2.45) is 11.5 Å². The van der Waals surface area contributed by atoms with Gasteiger partial charge >= 0.3 is 5.97 Å². The highest BCUT2D eigenvalue weighted by atomic mass is 16.5. The molecule has 0 aliphatic rings. The fourth-order valence-corrected chi connectivity index (χ4v) is 3.59. The number of carbonyl (C=O) groups excluding carboxylic acids is 4. The van der Waals surface area contributed by atoms with Crippen molar-refractivity contribution in [3.63, 3.8) is 0 Å². The fraction of sp³-hybridized carbons (Fsp3) is 0.538. The van der Waals surface area contributed by atoms with Crippen molar-refractivity contribution < 1.29 is 28.7 Å². The minimum absolute atomic E-state index is 0.200. The molecule has 0 aliphatic heterocycles. The number of hydrogen-bond donors (Lipinski definition) is 5. The maximum atomic E-state index is 13.2. The van der Waals surface area contributed by atoms with Gasteiger partial charge in [-0.05, 0) is 62.9 Å². The first-order chi connectivity index (χ1) is 17.7. The molecule has 11 nitrogen and oxygen atoms in total. The standard InChI is InChI=1S/C26H41N5O6/c1-4-16-37-20-12-10-19(11-13-20)17-23(29-18(2)32)25(34)30-21(8-5-6-14-27)24(33)31-22(9-7-15-28)26(35)36-3/h4,10-13,21-23H,1,5-9,14-17,27-28H2,2-3H3,(H,29,32)(H,30,34)(H,31,33)/t21-,22-,23-/m0/s1. The zero-order valence-electron chi connectivity index (χ0n) is 21.8. The molecule has 0 heterocycles. The second kappa shape index (κ2) is 17.9. The third kappa shape index (κ3) is 12.4. The molecule has 0 aromatic heterocycles. The summed E-state index contributed by atoms with van der Waals surface area (Å²) in [5, 5.41) is 8.05. The van der Waals surface area contributed by atoms with E-state index in [9.17, 15) is 19.2 Å². The van der Waals surface area contributed by atoms with Crippen molar-refractivity contribution in [1.29, 1.82) is 0 Å². The topological polar surface area (TPSA) is 175 Å². The third-order valence-corrected chi connectivity index (χ3v) is 5.50. The molecule has 1 aromatic carbocycles. The van der Waals surface area contributed by atoms with Crippen molar-refractivity contribution >= 4 is 23.7 Å². The Morgan fingerprint density at radius 1 is 0.892 bits per heavy atom. The van der Waals surface area contributed by atoms with E-state index in [4.69, 9.17) is 20.9 Å². The minimum Gasteiger partial charge on any atom is -0.490 e. The second-order valence-electron chi connectivity index (χ2n) is 8.56. The Bertz CT molecular complexity index is 877. The lowest BCUT2D eigenvalue weighted by molar-refractivity contribution is -0.145. The molecule has 1 rings (SSSR count). The van der Waals surface area contributed by atoms with Crippen molar-refractivity contribution in [3.8, 4) is 5.75 Å². The van der Waals surface area contributed by atoms with E-state index in [1.165, 1.54) is 14.0 Å². The Hall–Kier alpha value is -3.44. The van der Waals surface area contributed by atoms with E-state index in [-0.39, 0.29) is 12.3 Å². The van der Waals surface area contributed by atoms with Crippen LogP contribution in [0.2, 0.25) is 0 Å². The van der Waals surface area contributed by atoms with Crippen LogP contribution in [-0.2, 0) is 30.3 Å². The van der Waals surface area contributed by atoms with Gasteiger partial charge in [0.1, 0.15) is 30.5 Å². The van der Waals surface area contributed by atoms with Crippen molar-refractivity contribution in [2.45, 2.75) is 63.6 Å². The van der Waals surface area contributed by atoms with Crippen LogP contribution >= 0.6 is 0 Å². The van der Waals surface area contributed by atoms with Crippen molar-refractivity contribution in [2.75, 3.05) is 26.8 Å². The number of unbranched alkanes of at least 4 members (excludes halogenated alkanes) is 1. The van der Waals surface area contributed by atoms with E-state index in [1.54, 1.807) is 30.3 Å². The predicted octanol–water partition coefficient (Wildman–Crippen LogP) is 0.309. The van der Waals surface area contributed by atoms with E-state index in [2.05, 4.69) is 22.5 Å². The smallest absolute Gasteiger partial charge is 0.328 e. The summed E-state index contributed by atoms with van der Waals surface area (Å²) < 4.78 is 10.3. The highest BCUT2D eigenvalue weighted by molar-refractivity contribution is 5.93. The summed E-state index contributed by atoms with van der Waals surface area (Å²) in [4.78, 5) is 50.3. The number of esters is 1. The first-order valence-corrected chi connectivity index (χ1v) is 12.4. The molecule has 1 aromatic rings. The number of amides is 3. The first-order valence-electron chi connectivity index (χ1n) is 12.4. The molecule has 0 radical (unpaired) electrons. The molecular weight excluding hydrogens is 478 g/mol. The van der Waals surface area contributed by atoms with Crippen LogP contribution in [0.4, 0.5) is 0 Å². The summed E-state index contributed by atoms with van der Waals surface area (Å²) >= 11 is 0. The fourth-order valence-electron chi connectivity index (χ4n) is 3.59. The van der Waals surface area contributed by atoms with Gasteiger partial charge in [0.25, 0.3) is 0 Å². The van der Waals surface area contributed by atoms with Crippen molar-refractivity contribution in [1.82, 2.24) is 16.0 Å². The second-order valence-corrected chi connectivity index (χ2v) is 8.56. The van der Waals surface area contributed by atoms with Gasteiger partial charge in [-0.25, -0.2) is 4.79 Å². The van der Waals surface area contributed by atoms with Crippen LogP contribution in [0.15, 0.2) is 36.9 Å². The van der Waals surface area contributed by atoms with Gasteiger partial charge in [-0.3, -0.25) is 14.4 Å². The summed E-state index contributed by atoms with van der Waals surface area (Å²) in [6.45, 7) is 6.07. The third-order valence-electron chi connectivity index (χ3n) is 5.50. The molecule has 3 amide bonds. The highest BCUT2D eigenvalue weighted by Gasteiger charge is 2.29. The van der Waals surface area contributed by atoms with Crippen LogP contribution < -0.4 is 32.2 Å². The van der Waals surface area contributed by atoms with Gasteiger partial charge in [0.05, 0.1) is 7.11 Å². The average Bonchev–Trinajstić information content (AvgIpc) is 2.88. The van der Waals surface area contributed by atoms with Gasteiger partial charge in [-0.2, -0.15) is 0 Å². The Balaban J connectivity index is 3.01. The largest absolute Gasteiger partial charge is 0.490 e. The summed E-state index contributed by atoms with van der Waals surface area (Å²) in [5.41, 5.74) is 11.9. The Morgan fingerprint density at radius 3 is 2.05 bits per heavy atom. The van der Waals surface area contributed by atoms with Gasteiger partial charge in [0.15, 0.2) is 0 Å². The maximum absolute atomic E-state index is 13.2. The van der Waals surface area contributed by atoms with Crippen LogP contribution in [0.1, 0.15) is 44.6 Å². The normalized spacial score (nSPS) is 13.0. The summed E-state index contributed by atoms with van der Waals surface area (Å²) in [7, 11) is 1.24. The highest BCUT2D eigenvalue weighted by Crippen LogP contribution is 2.14. The predicted molar refractivity (Wildman–Crippen MR) is 141 cm³/mol. The van der Waals surface area contributed by atoms with Gasteiger partial charge in [-0.1, -0.05) is 24.8 Å². The van der Waals surface area contributed by atoms with Gasteiger partial charge in [0.2, 0.25) is 17.7 Å². The van der Waals surface area contributed by atoms with Crippen LogP contribution in [0, 0.1) is 0 Å². The number of ether oxygens (including phenoxy) is 2. The number of nitrogens with one attached hydrogen (secondary N) is 3. The van der Waals surface area contributed by atoms with Crippen molar-refractivity contribution in [3.05, 3.63) is 42.5 Å². The lowest BCUT2D eigenvalue weighted by atomic mass is 10.0. The van der Waals surface area contributed by atoms with Gasteiger partial charge < -0.3 is 36.9 Å². The monoisotopic (exact) mass is 519 g/mol. The molecule has 7 N–H and O–H groups in total. The van der Waals surface area contributed by atoms with E-state index in [0.29, 0.717) is 57.6 Å². The van der Waals surface area contributed by atoms with Crippen LogP contribution in [0.25, 0.3) is 0 Å². The number of carbonyl (C=O) groups is 4. The molecular formula is C26H41N5O6. The quantitative estimate of drug-likeness (QED) is 0.105. The Morgan fingerprint density at radius 2 is 1.49 bits per heavy atom. The zero-order valence-corrected chi connectivity index (χ0v) is 21.8. The van der Waals surface area contributed by atoms with E-state index in [1.807, 2.05) is 0 Å².